The van der Waals surface area contributed by atoms with Gasteiger partial charge in [0.2, 0.25) is 0 Å². The van der Waals surface area contributed by atoms with E-state index in [1.807, 2.05) is 0 Å². The van der Waals surface area contributed by atoms with E-state index in [2.05, 4.69) is 0 Å². The summed E-state index contributed by atoms with van der Waals surface area (Å²) in [5.41, 5.74) is 0. The molecule has 0 aromatic carbocycles. The summed E-state index contributed by atoms with van der Waals surface area (Å²) in [5.74, 6) is 0.503. The van der Waals surface area contributed by atoms with Crippen LogP contribution in [0.2, 0.25) is 0 Å². The van der Waals surface area contributed by atoms with Crippen molar-refractivity contribution in [3.63, 3.8) is 0 Å². The fourth-order valence-corrected chi connectivity index (χ4v) is 0.164. The zero-order chi connectivity index (χ0) is 4.12. The van der Waals surface area contributed by atoms with E-state index in [1.54, 1.807) is 0 Å². The predicted molar refractivity (Wildman–Crippen MR) is 26.0 cm³/mol. The largest absolute Gasteiger partial charge is 1.00 e. The minimum Gasteiger partial charge on any atom is -0.854 e. The van der Waals surface area contributed by atoms with Crippen LogP contribution in [0.15, 0.2) is 0 Å². The molecule has 0 aromatic heterocycles. The molecule has 0 aromatic rings. The Morgan fingerprint density at radius 3 is 2.00 bits per heavy atom. The first-order valence-corrected chi connectivity index (χ1v) is 2.09. The Kier molecular flexibility index (Phi) is 15.8. The van der Waals surface area contributed by atoms with E-state index in [4.69, 9.17) is 11.6 Å². The van der Waals surface area contributed by atoms with Gasteiger partial charge >= 0.3 is 23.1 Å². The molecule has 1 radical (unpaired) electrons. The van der Waals surface area contributed by atoms with Crippen LogP contribution in [-0.2, 0) is 0 Å². The Morgan fingerprint density at radius 2 is 2.00 bits per heavy atom. The monoisotopic (exact) mass is 117 g/mol. The first-order chi connectivity index (χ1) is 2.41. The molecule has 0 atom stereocenters. The normalized spacial score (nSPS) is 7.00. The Bertz CT molecular complexity index is 18.3. The van der Waals surface area contributed by atoms with Gasteiger partial charge in [-0.05, 0) is 0 Å². The number of rotatable bonds is 2. The smallest absolute Gasteiger partial charge is 0.854 e. The van der Waals surface area contributed by atoms with Crippen molar-refractivity contribution in [1.29, 1.82) is 0 Å². The third-order valence-electron chi connectivity index (χ3n) is 0.278. The molecule has 0 amide bonds. The fraction of sp³-hybridized carbons (Fsp3) is 1.00. The molecule has 0 fully saturated rings. The zero-order valence-corrected chi connectivity index (χ0v) is 5.78. The summed E-state index contributed by atoms with van der Waals surface area (Å²) in [4.78, 5) is 0. The molecular weight excluding hydrogens is 112 g/mol. The van der Waals surface area contributed by atoms with Gasteiger partial charge in [-0.3, -0.25) is 0 Å². The van der Waals surface area contributed by atoms with E-state index in [0.717, 1.165) is 0 Å². The van der Waals surface area contributed by atoms with Crippen LogP contribution in [-0.4, -0.2) is 35.5 Å². The van der Waals surface area contributed by atoms with Crippen LogP contribution in [0.1, 0.15) is 6.42 Å². The number of hydrogen-bond acceptors (Lipinski definition) is 1. The van der Waals surface area contributed by atoms with Gasteiger partial charge in [0.1, 0.15) is 0 Å². The van der Waals surface area contributed by atoms with Gasteiger partial charge in [-0.25, -0.2) is 0 Å². The maximum Gasteiger partial charge on any atom is 1.00 e. The van der Waals surface area contributed by atoms with Crippen LogP contribution in [0, 0.1) is 0 Å². The van der Waals surface area contributed by atoms with Crippen molar-refractivity contribution in [3.05, 3.63) is 0 Å². The maximum absolute atomic E-state index is 9.45. The van der Waals surface area contributed by atoms with E-state index < -0.39 is 0 Å². The van der Waals surface area contributed by atoms with Crippen molar-refractivity contribution < 1.29 is 5.11 Å². The van der Waals surface area contributed by atoms with Crippen LogP contribution in [0.25, 0.3) is 0 Å². The third kappa shape index (κ3) is 8.89. The summed E-state index contributed by atoms with van der Waals surface area (Å²) < 4.78 is 0. The molecular formula is C3H6ClMgO. The Labute approximate surface area is 58.8 Å². The summed E-state index contributed by atoms with van der Waals surface area (Å²) in [6.45, 7) is -0.0382. The van der Waals surface area contributed by atoms with Crippen molar-refractivity contribution >= 4 is 34.7 Å². The molecule has 0 rings (SSSR count). The second kappa shape index (κ2) is 9.39. The fourth-order valence-electron chi connectivity index (χ4n) is 0.0546. The molecule has 1 nitrogen and oxygen atoms in total. The van der Waals surface area contributed by atoms with Gasteiger partial charge in [0.05, 0.1) is 0 Å². The molecule has 0 N–H and O–H groups in total. The standard InChI is InChI=1S/C3H6ClO.Mg/c4-2-1-3-5;/h1-3H2;/q-1;+1. The molecule has 0 aliphatic rings. The SMILES string of the molecule is [Mg+].[O-]CCCCl. The van der Waals surface area contributed by atoms with Gasteiger partial charge < -0.3 is 5.11 Å². The summed E-state index contributed by atoms with van der Waals surface area (Å²) >= 11 is 5.10. The number of halogens is 1. The van der Waals surface area contributed by atoms with Crippen molar-refractivity contribution in [1.82, 2.24) is 0 Å². The summed E-state index contributed by atoms with van der Waals surface area (Å²) in [5, 5.41) is 9.45. The first-order valence-electron chi connectivity index (χ1n) is 1.56. The summed E-state index contributed by atoms with van der Waals surface area (Å²) in [7, 11) is 0. The van der Waals surface area contributed by atoms with E-state index >= 15 is 0 Å². The molecule has 0 aliphatic heterocycles. The topological polar surface area (TPSA) is 23.1 Å². The molecule has 0 spiro atoms. The Morgan fingerprint density at radius 1 is 1.50 bits per heavy atom. The van der Waals surface area contributed by atoms with Gasteiger partial charge in [0.15, 0.2) is 0 Å². The van der Waals surface area contributed by atoms with Crippen LogP contribution in [0.3, 0.4) is 0 Å². The molecule has 0 bridgehead atoms. The molecule has 33 valence electrons. The Hall–Kier alpha value is 1.02. The van der Waals surface area contributed by atoms with Crippen LogP contribution < -0.4 is 5.11 Å². The van der Waals surface area contributed by atoms with Crippen molar-refractivity contribution in [2.75, 3.05) is 12.5 Å². The van der Waals surface area contributed by atoms with Crippen molar-refractivity contribution in [2.45, 2.75) is 6.42 Å². The molecule has 0 saturated heterocycles. The minimum atomic E-state index is -0.0382. The minimum absolute atomic E-state index is 0. The molecule has 0 heterocycles. The van der Waals surface area contributed by atoms with Gasteiger partial charge in [0, 0.05) is 5.88 Å². The average molecular weight is 118 g/mol. The first kappa shape index (κ1) is 10.1. The summed E-state index contributed by atoms with van der Waals surface area (Å²) in [6.07, 6.45) is 0.599. The Balaban J connectivity index is 0. The van der Waals surface area contributed by atoms with Gasteiger partial charge in [-0.1, -0.05) is 6.42 Å². The zero-order valence-electron chi connectivity index (χ0n) is 3.61. The number of alkyl halides is 1. The maximum atomic E-state index is 9.45. The number of hydrogen-bond donors (Lipinski definition) is 0. The quantitative estimate of drug-likeness (QED) is 0.357. The van der Waals surface area contributed by atoms with Crippen molar-refractivity contribution in [3.8, 4) is 0 Å². The predicted octanol–water partition coefficient (Wildman–Crippen LogP) is -0.405. The molecule has 0 aliphatic carbocycles. The summed E-state index contributed by atoms with van der Waals surface area (Å²) in [6, 6.07) is 0. The molecule has 0 saturated carbocycles. The van der Waals surface area contributed by atoms with Gasteiger partial charge in [0.25, 0.3) is 0 Å². The third-order valence-corrected chi connectivity index (χ3v) is 0.545. The molecule has 6 heavy (non-hydrogen) atoms. The van der Waals surface area contributed by atoms with Crippen LogP contribution in [0.5, 0.6) is 0 Å². The second-order valence-electron chi connectivity index (χ2n) is 0.747. The van der Waals surface area contributed by atoms with Crippen LogP contribution in [0.4, 0.5) is 0 Å². The van der Waals surface area contributed by atoms with Gasteiger partial charge in [-0.2, -0.15) is 0 Å². The van der Waals surface area contributed by atoms with E-state index in [-0.39, 0.29) is 29.7 Å². The van der Waals surface area contributed by atoms with Crippen LogP contribution >= 0.6 is 11.6 Å². The van der Waals surface area contributed by atoms with Gasteiger partial charge in [-0.15, -0.1) is 18.2 Å². The molecule has 3 heteroatoms. The molecule has 0 unspecified atom stereocenters. The van der Waals surface area contributed by atoms with E-state index in [0.29, 0.717) is 12.3 Å². The van der Waals surface area contributed by atoms with Crippen molar-refractivity contribution in [2.24, 2.45) is 0 Å². The van der Waals surface area contributed by atoms with E-state index in [1.165, 1.54) is 0 Å². The second-order valence-corrected chi connectivity index (χ2v) is 1.12. The van der Waals surface area contributed by atoms with E-state index in [9.17, 15) is 5.11 Å². The average Bonchev–Trinajstić information content (AvgIpc) is 1.41.